The average molecular weight is 382 g/mol. The van der Waals surface area contributed by atoms with Crippen molar-refractivity contribution in [1.29, 1.82) is 0 Å². The second kappa shape index (κ2) is 7.66. The summed E-state index contributed by atoms with van der Waals surface area (Å²) in [6.45, 7) is 7.15. The van der Waals surface area contributed by atoms with Crippen molar-refractivity contribution >= 4 is 36.3 Å². The van der Waals surface area contributed by atoms with Gasteiger partial charge in [0.1, 0.15) is 5.01 Å². The molecule has 0 N–H and O–H groups in total. The van der Waals surface area contributed by atoms with E-state index in [1.807, 2.05) is 12.1 Å². The molecule has 134 valence electrons. The molecule has 0 saturated heterocycles. The Hall–Kier alpha value is -2.08. The zero-order valence-corrected chi connectivity index (χ0v) is 17.1. The first-order valence-electron chi connectivity index (χ1n) is 8.62. The van der Waals surface area contributed by atoms with E-state index in [-0.39, 0.29) is 5.04 Å². The van der Waals surface area contributed by atoms with Crippen molar-refractivity contribution in [3.63, 3.8) is 0 Å². The molecule has 2 aromatic carbocycles. The van der Waals surface area contributed by atoms with E-state index < -0.39 is 8.32 Å². The molecule has 3 nitrogen and oxygen atoms in total. The fraction of sp³-hybridized carbons (Fsp3) is 0.238. The number of aldehydes is 1. The molecule has 0 unspecified atom stereocenters. The lowest BCUT2D eigenvalue weighted by Gasteiger charge is -2.42. The SMILES string of the molecule is CC(C)(C)[Si](OCc1ncc(C=O)s1)(c1ccccc1)c1ccccc1. The third kappa shape index (κ3) is 3.56. The van der Waals surface area contributed by atoms with Gasteiger partial charge in [-0.3, -0.25) is 4.79 Å². The molecule has 0 atom stereocenters. The highest BCUT2D eigenvalue weighted by atomic mass is 32.1. The second-order valence-electron chi connectivity index (χ2n) is 7.23. The number of benzene rings is 2. The minimum Gasteiger partial charge on any atom is -0.401 e. The summed E-state index contributed by atoms with van der Waals surface area (Å²) in [5, 5.41) is 3.25. The highest BCUT2D eigenvalue weighted by molar-refractivity contribution is 7.13. The summed E-state index contributed by atoms with van der Waals surface area (Å²) >= 11 is 1.39. The van der Waals surface area contributed by atoms with Crippen LogP contribution in [0.5, 0.6) is 0 Å². The smallest absolute Gasteiger partial charge is 0.261 e. The van der Waals surface area contributed by atoms with E-state index in [1.165, 1.54) is 21.7 Å². The van der Waals surface area contributed by atoms with Crippen molar-refractivity contribution in [2.75, 3.05) is 0 Å². The van der Waals surface area contributed by atoms with Crippen LogP contribution in [0.15, 0.2) is 66.9 Å². The van der Waals surface area contributed by atoms with Gasteiger partial charge in [-0.15, -0.1) is 11.3 Å². The summed E-state index contributed by atoms with van der Waals surface area (Å²) in [4.78, 5) is 15.9. The van der Waals surface area contributed by atoms with Crippen molar-refractivity contribution in [3.05, 3.63) is 76.7 Å². The van der Waals surface area contributed by atoms with Gasteiger partial charge in [-0.2, -0.15) is 0 Å². The molecule has 1 aromatic heterocycles. The Morgan fingerprint density at radius 3 is 1.96 bits per heavy atom. The summed E-state index contributed by atoms with van der Waals surface area (Å²) in [7, 11) is -2.55. The van der Waals surface area contributed by atoms with Gasteiger partial charge in [-0.05, 0) is 15.4 Å². The molecule has 0 aliphatic rings. The third-order valence-corrected chi connectivity index (χ3v) is 10.4. The first-order valence-corrected chi connectivity index (χ1v) is 11.3. The molecule has 0 spiro atoms. The summed E-state index contributed by atoms with van der Waals surface area (Å²) < 4.78 is 6.78. The van der Waals surface area contributed by atoms with Crippen LogP contribution in [0.4, 0.5) is 0 Å². The maximum atomic E-state index is 11.0. The van der Waals surface area contributed by atoms with E-state index in [9.17, 15) is 4.79 Å². The van der Waals surface area contributed by atoms with Crippen LogP contribution in [-0.2, 0) is 11.0 Å². The van der Waals surface area contributed by atoms with E-state index in [1.54, 1.807) is 6.20 Å². The minimum absolute atomic E-state index is 0.0690. The molecule has 0 amide bonds. The van der Waals surface area contributed by atoms with Crippen LogP contribution in [0, 0.1) is 0 Å². The van der Waals surface area contributed by atoms with Crippen molar-refractivity contribution in [2.45, 2.75) is 32.4 Å². The van der Waals surface area contributed by atoms with Gasteiger partial charge in [-0.25, -0.2) is 4.98 Å². The van der Waals surface area contributed by atoms with Crippen LogP contribution < -0.4 is 10.4 Å². The highest BCUT2D eigenvalue weighted by Gasteiger charge is 2.50. The van der Waals surface area contributed by atoms with Crippen molar-refractivity contribution < 1.29 is 9.22 Å². The van der Waals surface area contributed by atoms with Crippen molar-refractivity contribution in [1.82, 2.24) is 4.98 Å². The van der Waals surface area contributed by atoms with Crippen molar-refractivity contribution in [2.24, 2.45) is 0 Å². The number of carbonyl (C=O) groups is 1. The lowest BCUT2D eigenvalue weighted by Crippen LogP contribution is -2.66. The molecule has 0 aliphatic heterocycles. The van der Waals surface area contributed by atoms with E-state index in [0.717, 1.165) is 11.3 Å². The molecule has 3 aromatic rings. The summed E-state index contributed by atoms with van der Waals surface area (Å²) in [5.41, 5.74) is 0. The largest absolute Gasteiger partial charge is 0.401 e. The zero-order chi connectivity index (χ0) is 18.6. The molecule has 0 fully saturated rings. The highest BCUT2D eigenvalue weighted by Crippen LogP contribution is 2.37. The topological polar surface area (TPSA) is 39.2 Å². The summed E-state index contributed by atoms with van der Waals surface area (Å²) in [5.74, 6) is 0. The third-order valence-electron chi connectivity index (χ3n) is 4.52. The van der Waals surface area contributed by atoms with Gasteiger partial charge in [-0.1, -0.05) is 81.4 Å². The van der Waals surface area contributed by atoms with Gasteiger partial charge in [0.15, 0.2) is 6.29 Å². The van der Waals surface area contributed by atoms with E-state index in [0.29, 0.717) is 11.5 Å². The molecule has 1 heterocycles. The van der Waals surface area contributed by atoms with Crippen molar-refractivity contribution in [3.8, 4) is 0 Å². The number of rotatable bonds is 6. The van der Waals surface area contributed by atoms with E-state index >= 15 is 0 Å². The molecule has 26 heavy (non-hydrogen) atoms. The molecule has 0 bridgehead atoms. The van der Waals surface area contributed by atoms with Gasteiger partial charge in [0.25, 0.3) is 8.32 Å². The fourth-order valence-corrected chi connectivity index (χ4v) is 8.64. The Morgan fingerprint density at radius 2 is 1.54 bits per heavy atom. The molecule has 0 radical (unpaired) electrons. The maximum absolute atomic E-state index is 11.0. The lowest BCUT2D eigenvalue weighted by molar-refractivity contribution is 0.112. The Balaban J connectivity index is 2.09. The molecule has 0 saturated carbocycles. The number of carbonyl (C=O) groups excluding carboxylic acids is 1. The predicted molar refractivity (Wildman–Crippen MR) is 110 cm³/mol. The van der Waals surface area contributed by atoms with Crippen LogP contribution in [0.25, 0.3) is 0 Å². The number of nitrogens with zero attached hydrogens (tertiary/aromatic N) is 1. The summed E-state index contributed by atoms with van der Waals surface area (Å²) in [6, 6.07) is 21.0. The monoisotopic (exact) mass is 381 g/mol. The van der Waals surface area contributed by atoms with E-state index in [2.05, 4.69) is 74.3 Å². The average Bonchev–Trinajstić information content (AvgIpc) is 3.11. The Bertz CT molecular complexity index is 817. The van der Waals surface area contributed by atoms with Gasteiger partial charge in [0.2, 0.25) is 0 Å². The van der Waals surface area contributed by atoms with Crippen LogP contribution >= 0.6 is 11.3 Å². The number of hydrogen-bond donors (Lipinski definition) is 0. The molecular weight excluding hydrogens is 358 g/mol. The van der Waals surface area contributed by atoms with Gasteiger partial charge >= 0.3 is 0 Å². The lowest BCUT2D eigenvalue weighted by atomic mass is 10.2. The van der Waals surface area contributed by atoms with Crippen LogP contribution in [0.3, 0.4) is 0 Å². The normalized spacial score (nSPS) is 12.1. The Morgan fingerprint density at radius 1 is 1.00 bits per heavy atom. The number of thiazole rings is 1. The maximum Gasteiger partial charge on any atom is 0.261 e. The van der Waals surface area contributed by atoms with Crippen LogP contribution in [0.2, 0.25) is 5.04 Å². The number of hydrogen-bond acceptors (Lipinski definition) is 4. The summed E-state index contributed by atoms with van der Waals surface area (Å²) in [6.07, 6.45) is 2.45. The molecular formula is C21H23NO2SSi. The van der Waals surface area contributed by atoms with Crippen LogP contribution in [0.1, 0.15) is 35.5 Å². The molecule has 3 rings (SSSR count). The first kappa shape index (κ1) is 18.7. The Labute approximate surface area is 159 Å². The van der Waals surface area contributed by atoms with Gasteiger partial charge < -0.3 is 4.43 Å². The van der Waals surface area contributed by atoms with Gasteiger partial charge in [0, 0.05) is 6.20 Å². The first-order chi connectivity index (χ1) is 12.5. The predicted octanol–water partition coefficient (Wildman–Crippen LogP) is 4.03. The van der Waals surface area contributed by atoms with Gasteiger partial charge in [0.05, 0.1) is 11.5 Å². The van der Waals surface area contributed by atoms with Crippen LogP contribution in [-0.4, -0.2) is 19.6 Å². The second-order valence-corrected chi connectivity index (χ2v) is 12.7. The molecule has 5 heteroatoms. The minimum atomic E-state index is -2.55. The fourth-order valence-electron chi connectivity index (χ4n) is 3.38. The quantitative estimate of drug-likeness (QED) is 0.478. The van der Waals surface area contributed by atoms with E-state index in [4.69, 9.17) is 4.43 Å². The zero-order valence-electron chi connectivity index (χ0n) is 15.3. The molecule has 0 aliphatic carbocycles. The number of aromatic nitrogens is 1. The Kier molecular flexibility index (Phi) is 5.51. The standard InChI is InChI=1S/C21H23NO2SSi/c1-21(2,3)26(18-10-6-4-7-11-18,19-12-8-5-9-13-19)24-16-20-22-14-17(15-23)25-20/h4-15H,16H2,1-3H3.